The summed E-state index contributed by atoms with van der Waals surface area (Å²) in [5, 5.41) is 12.1. The van der Waals surface area contributed by atoms with E-state index < -0.39 is 18.4 Å². The van der Waals surface area contributed by atoms with Crippen molar-refractivity contribution in [3.63, 3.8) is 0 Å². The third kappa shape index (κ3) is 2.83. The molecule has 2 heterocycles. The number of fused-ring (bicyclic) bond motifs is 1. The fraction of sp³-hybridized carbons (Fsp3) is 0.308. The molecule has 21 heavy (non-hydrogen) atoms. The van der Waals surface area contributed by atoms with E-state index in [9.17, 15) is 13.6 Å². The highest BCUT2D eigenvalue weighted by Crippen LogP contribution is 2.24. The van der Waals surface area contributed by atoms with Gasteiger partial charge in [0, 0.05) is 5.69 Å². The van der Waals surface area contributed by atoms with E-state index in [2.05, 4.69) is 20.8 Å². The summed E-state index contributed by atoms with van der Waals surface area (Å²) in [7, 11) is 0. The molecule has 110 valence electrons. The average molecular weight is 294 g/mol. The normalized spacial score (nSPS) is 18.0. The van der Waals surface area contributed by atoms with Crippen LogP contribution in [0.3, 0.4) is 0 Å². The standard InChI is InChI=1S/C13H12F2N4O2/c14-10(15)12-18-19-13(21-12)17-9-6-5-7-3-1-2-4-8(7)16-11(9)20/h1-4,9-10H,5-6H2,(H,16,20)(H,17,19). The van der Waals surface area contributed by atoms with E-state index in [1.54, 1.807) is 0 Å². The number of hydrogen-bond acceptors (Lipinski definition) is 5. The first-order valence-corrected chi connectivity index (χ1v) is 6.40. The fourth-order valence-corrected chi connectivity index (χ4v) is 2.18. The van der Waals surface area contributed by atoms with E-state index in [-0.39, 0.29) is 11.9 Å². The molecular weight excluding hydrogens is 282 g/mol. The lowest BCUT2D eigenvalue weighted by Crippen LogP contribution is -2.33. The molecule has 2 N–H and O–H groups in total. The van der Waals surface area contributed by atoms with E-state index in [0.29, 0.717) is 12.8 Å². The van der Waals surface area contributed by atoms with Crippen molar-refractivity contribution in [3.8, 4) is 0 Å². The molecule has 0 fully saturated rings. The second-order valence-electron chi connectivity index (χ2n) is 4.63. The minimum Gasteiger partial charge on any atom is -0.402 e. The number of rotatable bonds is 3. The Labute approximate surface area is 118 Å². The number of amides is 1. The SMILES string of the molecule is O=C1Nc2ccccc2CCC1Nc1nnc(C(F)F)o1. The molecule has 1 aliphatic heterocycles. The Hall–Kier alpha value is -2.51. The maximum Gasteiger partial charge on any atom is 0.316 e. The van der Waals surface area contributed by atoms with Gasteiger partial charge in [-0.2, -0.15) is 8.78 Å². The molecule has 0 saturated carbocycles. The van der Waals surface area contributed by atoms with Gasteiger partial charge >= 0.3 is 12.4 Å². The van der Waals surface area contributed by atoms with Crippen molar-refractivity contribution in [1.29, 1.82) is 0 Å². The summed E-state index contributed by atoms with van der Waals surface area (Å²) in [6.45, 7) is 0. The predicted octanol–water partition coefficient (Wildman–Crippen LogP) is 2.37. The maximum atomic E-state index is 12.4. The van der Waals surface area contributed by atoms with Crippen LogP contribution in [0.4, 0.5) is 20.5 Å². The van der Waals surface area contributed by atoms with E-state index >= 15 is 0 Å². The van der Waals surface area contributed by atoms with Gasteiger partial charge in [0.15, 0.2) is 0 Å². The molecule has 0 spiro atoms. The predicted molar refractivity (Wildman–Crippen MR) is 70.1 cm³/mol. The first-order valence-electron chi connectivity index (χ1n) is 6.40. The smallest absolute Gasteiger partial charge is 0.316 e. The van der Waals surface area contributed by atoms with Crippen LogP contribution in [0.2, 0.25) is 0 Å². The number of alkyl halides is 2. The lowest BCUT2D eigenvalue weighted by molar-refractivity contribution is -0.117. The molecule has 1 aromatic carbocycles. The van der Waals surface area contributed by atoms with E-state index in [4.69, 9.17) is 4.42 Å². The third-order valence-corrected chi connectivity index (χ3v) is 3.22. The van der Waals surface area contributed by atoms with Crippen molar-refractivity contribution in [1.82, 2.24) is 10.2 Å². The molecule has 1 aliphatic rings. The highest BCUT2D eigenvalue weighted by atomic mass is 19.3. The minimum absolute atomic E-state index is 0.184. The Bertz CT molecular complexity index is 659. The summed E-state index contributed by atoms with van der Waals surface area (Å²) in [5.41, 5.74) is 1.78. The Morgan fingerprint density at radius 2 is 2.14 bits per heavy atom. The number of carbonyl (C=O) groups excluding carboxylic acids is 1. The topological polar surface area (TPSA) is 80.0 Å². The van der Waals surface area contributed by atoms with Crippen LogP contribution >= 0.6 is 0 Å². The molecule has 1 amide bonds. The van der Waals surface area contributed by atoms with Crippen molar-refractivity contribution in [2.75, 3.05) is 10.6 Å². The Morgan fingerprint density at radius 1 is 1.33 bits per heavy atom. The van der Waals surface area contributed by atoms with Crippen molar-refractivity contribution < 1.29 is 18.0 Å². The number of nitrogens with one attached hydrogen (secondary N) is 2. The van der Waals surface area contributed by atoms with Gasteiger partial charge in [-0.15, -0.1) is 5.10 Å². The molecule has 2 aromatic rings. The zero-order valence-electron chi connectivity index (χ0n) is 10.8. The van der Waals surface area contributed by atoms with Gasteiger partial charge in [-0.3, -0.25) is 4.79 Å². The van der Waals surface area contributed by atoms with Gasteiger partial charge in [-0.05, 0) is 24.5 Å². The Kier molecular flexibility index (Phi) is 3.51. The molecule has 0 radical (unpaired) electrons. The lowest BCUT2D eigenvalue weighted by atomic mass is 10.1. The van der Waals surface area contributed by atoms with Crippen molar-refractivity contribution in [2.24, 2.45) is 0 Å². The molecule has 1 unspecified atom stereocenters. The van der Waals surface area contributed by atoms with Gasteiger partial charge in [-0.1, -0.05) is 23.3 Å². The molecule has 0 saturated heterocycles. The summed E-state index contributed by atoms with van der Waals surface area (Å²) in [6, 6.07) is 6.67. The molecule has 3 rings (SSSR count). The highest BCUT2D eigenvalue weighted by Gasteiger charge is 2.25. The van der Waals surface area contributed by atoms with Crippen molar-refractivity contribution in [3.05, 3.63) is 35.7 Å². The van der Waals surface area contributed by atoms with Gasteiger partial charge in [0.1, 0.15) is 6.04 Å². The van der Waals surface area contributed by atoms with Crippen LogP contribution in [-0.2, 0) is 11.2 Å². The van der Waals surface area contributed by atoms with Crippen LogP contribution in [0.15, 0.2) is 28.7 Å². The average Bonchev–Trinajstić information content (AvgIpc) is 2.87. The van der Waals surface area contributed by atoms with Crippen LogP contribution in [-0.4, -0.2) is 22.1 Å². The molecule has 0 bridgehead atoms. The Balaban J connectivity index is 1.73. The quantitative estimate of drug-likeness (QED) is 0.908. The van der Waals surface area contributed by atoms with Crippen LogP contribution in [0.1, 0.15) is 24.3 Å². The number of anilines is 2. The molecule has 1 aromatic heterocycles. The minimum atomic E-state index is -2.83. The number of aromatic nitrogens is 2. The molecule has 8 heteroatoms. The van der Waals surface area contributed by atoms with E-state index in [1.165, 1.54) is 0 Å². The lowest BCUT2D eigenvalue weighted by Gasteiger charge is -2.12. The molecule has 0 aliphatic carbocycles. The summed E-state index contributed by atoms with van der Waals surface area (Å²) in [6.07, 6.45) is -1.67. The first-order chi connectivity index (χ1) is 10.1. The zero-order chi connectivity index (χ0) is 14.8. The summed E-state index contributed by atoms with van der Waals surface area (Å²) < 4.78 is 29.5. The Morgan fingerprint density at radius 3 is 2.90 bits per heavy atom. The number of halogens is 2. The number of aryl methyl sites for hydroxylation is 1. The van der Waals surface area contributed by atoms with Gasteiger partial charge in [0.25, 0.3) is 5.89 Å². The number of hydrogen-bond donors (Lipinski definition) is 2. The van der Waals surface area contributed by atoms with Crippen LogP contribution in [0.25, 0.3) is 0 Å². The van der Waals surface area contributed by atoms with Crippen molar-refractivity contribution in [2.45, 2.75) is 25.3 Å². The zero-order valence-corrected chi connectivity index (χ0v) is 10.8. The van der Waals surface area contributed by atoms with Crippen molar-refractivity contribution >= 4 is 17.6 Å². The number of benzene rings is 1. The maximum absolute atomic E-state index is 12.4. The molecule has 1 atom stereocenters. The first kappa shape index (κ1) is 13.5. The number of para-hydroxylation sites is 1. The summed E-state index contributed by atoms with van der Waals surface area (Å²) in [4.78, 5) is 12.1. The number of carbonyl (C=O) groups is 1. The number of nitrogens with zero attached hydrogens (tertiary/aromatic N) is 2. The van der Waals surface area contributed by atoms with E-state index in [1.807, 2.05) is 24.3 Å². The molecular formula is C13H12F2N4O2. The van der Waals surface area contributed by atoms with E-state index in [0.717, 1.165) is 11.3 Å². The third-order valence-electron chi connectivity index (χ3n) is 3.22. The highest BCUT2D eigenvalue weighted by molar-refractivity contribution is 5.97. The van der Waals surface area contributed by atoms with Gasteiger partial charge in [0.05, 0.1) is 0 Å². The van der Waals surface area contributed by atoms with Gasteiger partial charge in [-0.25, -0.2) is 0 Å². The van der Waals surface area contributed by atoms with Crippen LogP contribution < -0.4 is 10.6 Å². The van der Waals surface area contributed by atoms with Gasteiger partial charge in [0.2, 0.25) is 5.91 Å². The summed E-state index contributed by atoms with van der Waals surface area (Å²) in [5.74, 6) is -1.04. The summed E-state index contributed by atoms with van der Waals surface area (Å²) >= 11 is 0. The fourth-order valence-electron chi connectivity index (χ4n) is 2.18. The van der Waals surface area contributed by atoms with Gasteiger partial charge < -0.3 is 15.1 Å². The second-order valence-corrected chi connectivity index (χ2v) is 4.63. The monoisotopic (exact) mass is 294 g/mol. The van der Waals surface area contributed by atoms with Crippen LogP contribution in [0.5, 0.6) is 0 Å². The largest absolute Gasteiger partial charge is 0.402 e. The van der Waals surface area contributed by atoms with Crippen LogP contribution in [0, 0.1) is 0 Å². The molecule has 6 nitrogen and oxygen atoms in total. The second kappa shape index (κ2) is 5.47.